The number of halogens is 2. The Morgan fingerprint density at radius 2 is 1.86 bits per heavy atom. The van der Waals surface area contributed by atoms with Crippen LogP contribution < -0.4 is 10.0 Å². The monoisotopic (exact) mass is 422 g/mol. The molecule has 0 saturated carbocycles. The highest BCUT2D eigenvalue weighted by molar-refractivity contribution is 7.92. The number of aromatic nitrogens is 2. The SMILES string of the molecule is Cc1c(C(=O)Nc2ccc(F)c(NS(C)(=O)=O)c2)cnn1-c1ccc(Cl)cc1. The van der Waals surface area contributed by atoms with Gasteiger partial charge in [-0.25, -0.2) is 17.5 Å². The Morgan fingerprint density at radius 3 is 2.50 bits per heavy atom. The summed E-state index contributed by atoms with van der Waals surface area (Å²) in [6.45, 7) is 1.73. The molecule has 1 amide bonds. The van der Waals surface area contributed by atoms with Crippen molar-refractivity contribution in [1.29, 1.82) is 0 Å². The molecule has 10 heteroatoms. The number of hydrogen-bond donors (Lipinski definition) is 2. The summed E-state index contributed by atoms with van der Waals surface area (Å²) in [6.07, 6.45) is 2.32. The normalized spacial score (nSPS) is 11.3. The molecule has 1 aromatic heterocycles. The van der Waals surface area contributed by atoms with Gasteiger partial charge >= 0.3 is 0 Å². The Kier molecular flexibility index (Phi) is 5.39. The second kappa shape index (κ2) is 7.61. The van der Waals surface area contributed by atoms with E-state index in [-0.39, 0.29) is 11.4 Å². The average Bonchev–Trinajstić information content (AvgIpc) is 2.99. The van der Waals surface area contributed by atoms with Crippen molar-refractivity contribution in [3.05, 3.63) is 70.8 Å². The molecule has 28 heavy (non-hydrogen) atoms. The van der Waals surface area contributed by atoms with E-state index in [2.05, 4.69) is 15.1 Å². The van der Waals surface area contributed by atoms with Crippen LogP contribution in [0.5, 0.6) is 0 Å². The van der Waals surface area contributed by atoms with Gasteiger partial charge in [-0.05, 0) is 49.4 Å². The van der Waals surface area contributed by atoms with Gasteiger partial charge in [-0.3, -0.25) is 9.52 Å². The Hall–Kier alpha value is -2.91. The van der Waals surface area contributed by atoms with Crippen molar-refractivity contribution in [3.8, 4) is 5.69 Å². The van der Waals surface area contributed by atoms with E-state index in [1.54, 1.807) is 35.9 Å². The third kappa shape index (κ3) is 4.49. The summed E-state index contributed by atoms with van der Waals surface area (Å²) in [5.74, 6) is -1.22. The van der Waals surface area contributed by atoms with Crippen molar-refractivity contribution in [2.75, 3.05) is 16.3 Å². The number of nitrogens with zero attached hydrogens (tertiary/aromatic N) is 2. The topological polar surface area (TPSA) is 93.1 Å². The highest BCUT2D eigenvalue weighted by atomic mass is 35.5. The molecule has 0 radical (unpaired) electrons. The van der Waals surface area contributed by atoms with Gasteiger partial charge in [0.1, 0.15) is 5.82 Å². The number of amides is 1. The molecule has 0 atom stereocenters. The lowest BCUT2D eigenvalue weighted by atomic mass is 10.2. The molecule has 0 aliphatic heterocycles. The molecule has 7 nitrogen and oxygen atoms in total. The van der Waals surface area contributed by atoms with E-state index in [9.17, 15) is 17.6 Å². The van der Waals surface area contributed by atoms with Gasteiger partial charge in [-0.2, -0.15) is 5.10 Å². The molecule has 146 valence electrons. The smallest absolute Gasteiger partial charge is 0.259 e. The first-order valence-electron chi connectivity index (χ1n) is 8.03. The third-order valence-corrected chi connectivity index (χ3v) is 4.69. The summed E-state index contributed by atoms with van der Waals surface area (Å²) < 4.78 is 40.1. The quantitative estimate of drug-likeness (QED) is 0.657. The molecule has 0 bridgehead atoms. The van der Waals surface area contributed by atoms with Crippen molar-refractivity contribution < 1.29 is 17.6 Å². The molecule has 3 aromatic rings. The molecule has 1 heterocycles. The van der Waals surface area contributed by atoms with E-state index in [1.807, 2.05) is 0 Å². The zero-order valence-electron chi connectivity index (χ0n) is 14.9. The van der Waals surface area contributed by atoms with Crippen LogP contribution in [0.3, 0.4) is 0 Å². The largest absolute Gasteiger partial charge is 0.322 e. The zero-order valence-corrected chi connectivity index (χ0v) is 16.5. The second-order valence-corrected chi connectivity index (χ2v) is 8.24. The maximum Gasteiger partial charge on any atom is 0.259 e. The molecule has 0 fully saturated rings. The fourth-order valence-electron chi connectivity index (χ4n) is 2.55. The number of sulfonamides is 1. The van der Waals surface area contributed by atoms with Crippen LogP contribution in [0.4, 0.5) is 15.8 Å². The van der Waals surface area contributed by atoms with Crippen LogP contribution in [0.2, 0.25) is 5.02 Å². The van der Waals surface area contributed by atoms with E-state index in [1.165, 1.54) is 18.3 Å². The minimum Gasteiger partial charge on any atom is -0.322 e. The molecule has 0 aliphatic carbocycles. The van der Waals surface area contributed by atoms with Gasteiger partial charge in [0, 0.05) is 10.7 Å². The van der Waals surface area contributed by atoms with E-state index in [0.717, 1.165) is 18.0 Å². The van der Waals surface area contributed by atoms with E-state index in [4.69, 9.17) is 11.6 Å². The van der Waals surface area contributed by atoms with Gasteiger partial charge in [-0.1, -0.05) is 11.6 Å². The van der Waals surface area contributed by atoms with Gasteiger partial charge in [0.15, 0.2) is 0 Å². The van der Waals surface area contributed by atoms with Crippen LogP contribution in [0.1, 0.15) is 16.1 Å². The van der Waals surface area contributed by atoms with Gasteiger partial charge in [0.05, 0.1) is 35.1 Å². The highest BCUT2D eigenvalue weighted by Gasteiger charge is 2.16. The summed E-state index contributed by atoms with van der Waals surface area (Å²) in [7, 11) is -3.66. The minimum absolute atomic E-state index is 0.233. The lowest BCUT2D eigenvalue weighted by molar-refractivity contribution is 0.102. The predicted molar refractivity (Wildman–Crippen MR) is 106 cm³/mol. The number of nitrogens with one attached hydrogen (secondary N) is 2. The fraction of sp³-hybridized carbons (Fsp3) is 0.111. The van der Waals surface area contributed by atoms with Crippen LogP contribution in [0.25, 0.3) is 5.69 Å². The Bertz CT molecular complexity index is 1140. The van der Waals surface area contributed by atoms with Crippen LogP contribution in [-0.2, 0) is 10.0 Å². The van der Waals surface area contributed by atoms with Gasteiger partial charge in [-0.15, -0.1) is 0 Å². The summed E-state index contributed by atoms with van der Waals surface area (Å²) in [5.41, 5.74) is 1.63. The zero-order chi connectivity index (χ0) is 20.5. The molecular weight excluding hydrogens is 407 g/mol. The van der Waals surface area contributed by atoms with Crippen LogP contribution in [0, 0.1) is 12.7 Å². The highest BCUT2D eigenvalue weighted by Crippen LogP contribution is 2.22. The van der Waals surface area contributed by atoms with Crippen molar-refractivity contribution in [2.24, 2.45) is 0 Å². The number of hydrogen-bond acceptors (Lipinski definition) is 4. The molecule has 2 N–H and O–H groups in total. The Labute approximate surface area is 166 Å². The summed E-state index contributed by atoms with van der Waals surface area (Å²) in [4.78, 5) is 12.6. The van der Waals surface area contributed by atoms with E-state index in [0.29, 0.717) is 16.3 Å². The molecule has 0 spiro atoms. The molecule has 0 unspecified atom stereocenters. The van der Waals surface area contributed by atoms with Crippen molar-refractivity contribution in [2.45, 2.75) is 6.92 Å². The average molecular weight is 423 g/mol. The third-order valence-electron chi connectivity index (χ3n) is 3.85. The first-order chi connectivity index (χ1) is 13.1. The lowest BCUT2D eigenvalue weighted by Crippen LogP contribution is -2.15. The molecule has 0 aliphatic rings. The van der Waals surface area contributed by atoms with Gasteiger partial charge in [0.2, 0.25) is 10.0 Å². The van der Waals surface area contributed by atoms with Crippen LogP contribution in [0.15, 0.2) is 48.7 Å². The summed E-state index contributed by atoms with van der Waals surface area (Å²) >= 11 is 5.89. The fourth-order valence-corrected chi connectivity index (χ4v) is 3.24. The molecule has 3 rings (SSSR count). The molecule has 2 aromatic carbocycles. The second-order valence-electron chi connectivity index (χ2n) is 6.05. The number of anilines is 2. The van der Waals surface area contributed by atoms with Gasteiger partial charge < -0.3 is 5.32 Å². The minimum atomic E-state index is -3.66. The van der Waals surface area contributed by atoms with Crippen molar-refractivity contribution in [1.82, 2.24) is 9.78 Å². The van der Waals surface area contributed by atoms with Crippen molar-refractivity contribution in [3.63, 3.8) is 0 Å². The van der Waals surface area contributed by atoms with Crippen LogP contribution in [-0.4, -0.2) is 30.4 Å². The first kappa shape index (κ1) is 19.8. The number of rotatable bonds is 5. The van der Waals surface area contributed by atoms with Gasteiger partial charge in [0.25, 0.3) is 5.91 Å². The number of benzene rings is 2. The Balaban J connectivity index is 1.84. The maximum absolute atomic E-state index is 13.8. The standard InChI is InChI=1S/C18H16ClFN4O3S/c1-11-15(10-21-24(11)14-6-3-12(19)4-7-14)18(25)22-13-5-8-16(20)17(9-13)23-28(2,26)27/h3-10,23H,1-2H3,(H,22,25). The molecule has 0 saturated heterocycles. The van der Waals surface area contributed by atoms with E-state index >= 15 is 0 Å². The summed E-state index contributed by atoms with van der Waals surface area (Å²) in [5, 5.41) is 7.42. The lowest BCUT2D eigenvalue weighted by Gasteiger charge is -2.10. The first-order valence-corrected chi connectivity index (χ1v) is 10.3. The molecular formula is C18H16ClFN4O3S. The van der Waals surface area contributed by atoms with E-state index < -0.39 is 21.7 Å². The Morgan fingerprint density at radius 1 is 1.18 bits per heavy atom. The van der Waals surface area contributed by atoms with Crippen molar-refractivity contribution >= 4 is 38.9 Å². The number of carbonyl (C=O) groups is 1. The summed E-state index contributed by atoms with van der Waals surface area (Å²) in [6, 6.07) is 10.6. The predicted octanol–water partition coefficient (Wildman–Crippen LogP) is 3.60. The maximum atomic E-state index is 13.8. The van der Waals surface area contributed by atoms with Crippen LogP contribution >= 0.6 is 11.6 Å². The number of carbonyl (C=O) groups excluding carboxylic acids is 1.